The Balaban J connectivity index is 1.82. The maximum absolute atomic E-state index is 6.47. The van der Waals surface area contributed by atoms with Gasteiger partial charge in [-0.05, 0) is 49.9 Å². The van der Waals surface area contributed by atoms with Crippen molar-refractivity contribution >= 4 is 8.32 Å². The topological polar surface area (TPSA) is 18.5 Å². The van der Waals surface area contributed by atoms with Crippen molar-refractivity contribution in [3.8, 4) is 0 Å². The number of hydrogen-bond acceptors (Lipinski definition) is 2. The first-order valence-corrected chi connectivity index (χ1v) is 11.4. The molecule has 2 atom stereocenters. The van der Waals surface area contributed by atoms with Crippen LogP contribution in [0.15, 0.2) is 24.3 Å². The van der Waals surface area contributed by atoms with Gasteiger partial charge < -0.3 is 9.16 Å². The van der Waals surface area contributed by atoms with Gasteiger partial charge in [-0.2, -0.15) is 0 Å². The lowest BCUT2D eigenvalue weighted by atomic mass is 10.00. The Hall–Kier alpha value is -0.643. The largest absolute Gasteiger partial charge is 0.412 e. The SMILES string of the molecule is Cc1ccc(C[C@H]2CC[C@H](O[Si](C)(C)C(C)(C)C)CO2)cc1. The van der Waals surface area contributed by atoms with Gasteiger partial charge in [0.2, 0.25) is 0 Å². The van der Waals surface area contributed by atoms with Crippen molar-refractivity contribution in [1.82, 2.24) is 0 Å². The standard InChI is InChI=1S/C19H32O2Si/c1-15-7-9-16(10-8-15)13-17-11-12-18(14-20-17)21-22(5,6)19(2,3)4/h7-10,17-18H,11-14H2,1-6H3/t17-,18+/m1/s1. The molecular weight excluding hydrogens is 288 g/mol. The van der Waals surface area contributed by atoms with E-state index >= 15 is 0 Å². The van der Waals surface area contributed by atoms with E-state index in [1.54, 1.807) is 0 Å². The fourth-order valence-corrected chi connectivity index (χ4v) is 3.99. The van der Waals surface area contributed by atoms with Crippen LogP contribution >= 0.6 is 0 Å². The first-order chi connectivity index (χ1) is 10.2. The van der Waals surface area contributed by atoms with Crippen molar-refractivity contribution in [3.05, 3.63) is 35.4 Å². The highest BCUT2D eigenvalue weighted by atomic mass is 28.4. The van der Waals surface area contributed by atoms with Crippen LogP contribution < -0.4 is 0 Å². The molecule has 0 unspecified atom stereocenters. The summed E-state index contributed by atoms with van der Waals surface area (Å²) in [6.07, 6.45) is 3.89. The van der Waals surface area contributed by atoms with Crippen LogP contribution in [0.3, 0.4) is 0 Å². The number of rotatable bonds is 4. The quantitative estimate of drug-likeness (QED) is 0.718. The summed E-state index contributed by atoms with van der Waals surface area (Å²) in [6, 6.07) is 8.80. The van der Waals surface area contributed by atoms with Gasteiger partial charge in [-0.15, -0.1) is 0 Å². The molecule has 124 valence electrons. The zero-order valence-electron chi connectivity index (χ0n) is 15.1. The summed E-state index contributed by atoms with van der Waals surface area (Å²) in [5, 5.41) is 0.270. The van der Waals surface area contributed by atoms with Gasteiger partial charge in [0.1, 0.15) is 0 Å². The molecule has 0 bridgehead atoms. The molecule has 3 heteroatoms. The van der Waals surface area contributed by atoms with E-state index in [0.29, 0.717) is 6.10 Å². The minimum absolute atomic E-state index is 0.270. The first kappa shape index (κ1) is 17.7. The molecule has 0 spiro atoms. The van der Waals surface area contributed by atoms with Crippen molar-refractivity contribution in [2.24, 2.45) is 0 Å². The van der Waals surface area contributed by atoms with Crippen LogP contribution in [0, 0.1) is 6.92 Å². The van der Waals surface area contributed by atoms with Crippen LogP contribution in [-0.4, -0.2) is 27.1 Å². The maximum atomic E-state index is 6.47. The van der Waals surface area contributed by atoms with Gasteiger partial charge >= 0.3 is 0 Å². The van der Waals surface area contributed by atoms with Crippen LogP contribution in [-0.2, 0) is 15.6 Å². The lowest BCUT2D eigenvalue weighted by Gasteiger charge is -2.41. The predicted octanol–water partition coefficient (Wildman–Crippen LogP) is 5.11. The van der Waals surface area contributed by atoms with Gasteiger partial charge in [-0.3, -0.25) is 0 Å². The average Bonchev–Trinajstić information content (AvgIpc) is 2.42. The summed E-state index contributed by atoms with van der Waals surface area (Å²) in [6.45, 7) is 14.4. The van der Waals surface area contributed by atoms with Crippen LogP contribution in [0.4, 0.5) is 0 Å². The summed E-state index contributed by atoms with van der Waals surface area (Å²) < 4.78 is 12.6. The molecule has 1 saturated heterocycles. The average molecular weight is 321 g/mol. The maximum Gasteiger partial charge on any atom is 0.192 e. The summed E-state index contributed by atoms with van der Waals surface area (Å²) in [5.74, 6) is 0. The molecule has 1 aliphatic heterocycles. The van der Waals surface area contributed by atoms with E-state index in [4.69, 9.17) is 9.16 Å². The van der Waals surface area contributed by atoms with E-state index in [0.717, 1.165) is 25.9 Å². The van der Waals surface area contributed by atoms with Crippen LogP contribution in [0.5, 0.6) is 0 Å². The van der Waals surface area contributed by atoms with Crippen LogP contribution in [0.25, 0.3) is 0 Å². The molecule has 0 aliphatic carbocycles. The molecule has 1 fully saturated rings. The Morgan fingerprint density at radius 3 is 2.27 bits per heavy atom. The third-order valence-electron chi connectivity index (χ3n) is 5.18. The summed E-state index contributed by atoms with van der Waals surface area (Å²) in [7, 11) is -1.67. The van der Waals surface area contributed by atoms with E-state index in [9.17, 15) is 0 Å². The zero-order valence-corrected chi connectivity index (χ0v) is 16.1. The normalized spacial score (nSPS) is 23.5. The molecule has 1 aromatic carbocycles. The lowest BCUT2D eigenvalue weighted by molar-refractivity contribution is -0.0494. The lowest BCUT2D eigenvalue weighted by Crippen LogP contribution is -2.46. The number of hydrogen-bond donors (Lipinski definition) is 0. The third-order valence-corrected chi connectivity index (χ3v) is 9.71. The Morgan fingerprint density at radius 1 is 1.14 bits per heavy atom. The third kappa shape index (κ3) is 4.67. The van der Waals surface area contributed by atoms with Gasteiger partial charge in [0.15, 0.2) is 8.32 Å². The first-order valence-electron chi connectivity index (χ1n) is 8.52. The molecule has 0 saturated carbocycles. The van der Waals surface area contributed by atoms with Crippen molar-refractivity contribution in [3.63, 3.8) is 0 Å². The van der Waals surface area contributed by atoms with E-state index in [-0.39, 0.29) is 11.1 Å². The Kier molecular flexibility index (Phi) is 5.52. The molecule has 0 N–H and O–H groups in total. The Labute approximate surface area is 137 Å². The van der Waals surface area contributed by atoms with Crippen molar-refractivity contribution in [1.29, 1.82) is 0 Å². The molecule has 2 rings (SSSR count). The molecule has 1 heterocycles. The minimum atomic E-state index is -1.67. The Bertz CT molecular complexity index is 465. The predicted molar refractivity (Wildman–Crippen MR) is 95.9 cm³/mol. The van der Waals surface area contributed by atoms with Gasteiger partial charge in [0, 0.05) is 0 Å². The van der Waals surface area contributed by atoms with Crippen LogP contribution in [0.2, 0.25) is 18.1 Å². The highest BCUT2D eigenvalue weighted by molar-refractivity contribution is 6.74. The number of aryl methyl sites for hydroxylation is 1. The van der Waals surface area contributed by atoms with Crippen molar-refractivity contribution < 1.29 is 9.16 Å². The van der Waals surface area contributed by atoms with Gasteiger partial charge in [0.05, 0.1) is 18.8 Å². The second kappa shape index (κ2) is 6.86. The zero-order chi connectivity index (χ0) is 16.4. The summed E-state index contributed by atoms with van der Waals surface area (Å²) in [4.78, 5) is 0. The molecule has 1 aromatic rings. The van der Waals surface area contributed by atoms with E-state index in [1.807, 2.05) is 0 Å². The molecule has 0 aromatic heterocycles. The molecule has 2 nitrogen and oxygen atoms in total. The molecule has 22 heavy (non-hydrogen) atoms. The van der Waals surface area contributed by atoms with Gasteiger partial charge in [0.25, 0.3) is 0 Å². The molecule has 0 amide bonds. The van der Waals surface area contributed by atoms with Crippen LogP contribution in [0.1, 0.15) is 44.7 Å². The van der Waals surface area contributed by atoms with Crippen molar-refractivity contribution in [2.75, 3.05) is 6.61 Å². The number of benzene rings is 1. The molecular formula is C19H32O2Si. The van der Waals surface area contributed by atoms with E-state index in [1.165, 1.54) is 11.1 Å². The molecule has 1 aliphatic rings. The fourth-order valence-electron chi connectivity index (χ4n) is 2.62. The van der Waals surface area contributed by atoms with E-state index < -0.39 is 8.32 Å². The summed E-state index contributed by atoms with van der Waals surface area (Å²) >= 11 is 0. The van der Waals surface area contributed by atoms with Crippen molar-refractivity contribution in [2.45, 2.75) is 77.3 Å². The molecule has 0 radical (unpaired) electrons. The smallest absolute Gasteiger partial charge is 0.192 e. The highest BCUT2D eigenvalue weighted by Crippen LogP contribution is 2.38. The highest BCUT2D eigenvalue weighted by Gasteiger charge is 2.40. The van der Waals surface area contributed by atoms with Gasteiger partial charge in [-0.1, -0.05) is 50.6 Å². The second-order valence-electron chi connectivity index (χ2n) is 8.22. The second-order valence-corrected chi connectivity index (χ2v) is 13.0. The van der Waals surface area contributed by atoms with E-state index in [2.05, 4.69) is 65.1 Å². The van der Waals surface area contributed by atoms with Gasteiger partial charge in [-0.25, -0.2) is 0 Å². The Morgan fingerprint density at radius 2 is 1.77 bits per heavy atom. The monoisotopic (exact) mass is 320 g/mol. The summed E-state index contributed by atoms with van der Waals surface area (Å²) in [5.41, 5.74) is 2.69. The fraction of sp³-hybridized carbons (Fsp3) is 0.684. The minimum Gasteiger partial charge on any atom is -0.412 e. The number of ether oxygens (including phenoxy) is 1.